The number of rotatable bonds is 8. The number of hydrogen-bond acceptors (Lipinski definition) is 6. The van der Waals surface area contributed by atoms with Crippen LogP contribution in [0.5, 0.6) is 0 Å². The number of nitrogens with one attached hydrogen (secondary N) is 1. The van der Waals surface area contributed by atoms with Crippen LogP contribution in [0.4, 0.5) is 10.1 Å². The Bertz CT molecular complexity index is 1320. The first-order valence-corrected chi connectivity index (χ1v) is 11.1. The molecular weight excluding hydrogens is 449 g/mol. The van der Waals surface area contributed by atoms with Crippen LogP contribution in [0.1, 0.15) is 35.1 Å². The van der Waals surface area contributed by atoms with E-state index in [0.717, 1.165) is 11.1 Å². The van der Waals surface area contributed by atoms with Gasteiger partial charge in [-0.05, 0) is 55.3 Å². The van der Waals surface area contributed by atoms with E-state index >= 15 is 0 Å². The maximum Gasteiger partial charge on any atom is 0.307 e. The number of halogens is 1. The summed E-state index contributed by atoms with van der Waals surface area (Å²) in [4.78, 5) is 30.0. The molecule has 0 spiro atoms. The number of ether oxygens (including phenoxy) is 1. The third-order valence-corrected chi connectivity index (χ3v) is 5.35. The fourth-order valence-electron chi connectivity index (χ4n) is 3.44. The van der Waals surface area contributed by atoms with Gasteiger partial charge in [0.15, 0.2) is 0 Å². The lowest BCUT2D eigenvalue weighted by Gasteiger charge is -2.19. The monoisotopic (exact) mass is 473 g/mol. The van der Waals surface area contributed by atoms with Crippen LogP contribution in [-0.4, -0.2) is 22.0 Å². The Morgan fingerprint density at radius 2 is 1.77 bits per heavy atom. The third kappa shape index (κ3) is 6.17. The van der Waals surface area contributed by atoms with Crippen LogP contribution in [0.25, 0.3) is 11.4 Å². The van der Waals surface area contributed by atoms with Crippen molar-refractivity contribution in [3.63, 3.8) is 0 Å². The van der Waals surface area contributed by atoms with Gasteiger partial charge in [-0.1, -0.05) is 47.6 Å². The highest BCUT2D eigenvalue weighted by atomic mass is 19.1. The number of anilines is 1. The lowest BCUT2D eigenvalue weighted by atomic mass is 10.1. The van der Waals surface area contributed by atoms with E-state index in [-0.39, 0.29) is 24.5 Å². The summed E-state index contributed by atoms with van der Waals surface area (Å²) in [6.07, 6.45) is -1.06. The van der Waals surface area contributed by atoms with E-state index in [1.807, 2.05) is 38.1 Å². The van der Waals surface area contributed by atoms with Gasteiger partial charge in [-0.15, -0.1) is 0 Å². The zero-order chi connectivity index (χ0) is 24.8. The SMILES string of the molecule is Cc1ccc(C)c(NC(=O)C(OC(=O)CCc2nc(-c3ccc(F)cc3)no2)c2ccccc2)c1. The number of nitrogens with zero attached hydrogens (tertiary/aromatic N) is 2. The summed E-state index contributed by atoms with van der Waals surface area (Å²) in [5, 5.41) is 6.74. The zero-order valence-corrected chi connectivity index (χ0v) is 19.3. The first-order chi connectivity index (χ1) is 16.9. The Labute approximate surface area is 201 Å². The van der Waals surface area contributed by atoms with Gasteiger partial charge in [-0.2, -0.15) is 4.98 Å². The van der Waals surface area contributed by atoms with Gasteiger partial charge in [0.2, 0.25) is 17.8 Å². The minimum atomic E-state index is -1.12. The third-order valence-electron chi connectivity index (χ3n) is 5.35. The molecule has 1 unspecified atom stereocenters. The van der Waals surface area contributed by atoms with Crippen molar-refractivity contribution in [2.24, 2.45) is 0 Å². The molecule has 0 bridgehead atoms. The Morgan fingerprint density at radius 3 is 2.51 bits per heavy atom. The predicted molar refractivity (Wildman–Crippen MR) is 128 cm³/mol. The molecule has 1 aromatic heterocycles. The molecule has 3 aromatic carbocycles. The molecule has 178 valence electrons. The van der Waals surface area contributed by atoms with Crippen molar-refractivity contribution >= 4 is 17.6 Å². The van der Waals surface area contributed by atoms with Crippen LogP contribution in [0.15, 0.2) is 77.3 Å². The fraction of sp³-hybridized carbons (Fsp3) is 0.185. The molecular formula is C27H24FN3O4. The molecule has 4 rings (SSSR count). The number of carbonyl (C=O) groups is 2. The molecule has 1 heterocycles. The Hall–Kier alpha value is -4.33. The lowest BCUT2D eigenvalue weighted by Crippen LogP contribution is -2.26. The molecule has 8 heteroatoms. The van der Waals surface area contributed by atoms with Crippen molar-refractivity contribution in [2.75, 3.05) is 5.32 Å². The second kappa shape index (κ2) is 10.7. The minimum absolute atomic E-state index is 0.0643. The van der Waals surface area contributed by atoms with Gasteiger partial charge in [-0.3, -0.25) is 9.59 Å². The highest BCUT2D eigenvalue weighted by Crippen LogP contribution is 2.23. The van der Waals surface area contributed by atoms with Crippen LogP contribution >= 0.6 is 0 Å². The van der Waals surface area contributed by atoms with Gasteiger partial charge in [0.1, 0.15) is 5.82 Å². The van der Waals surface area contributed by atoms with Crippen molar-refractivity contribution in [2.45, 2.75) is 32.8 Å². The standard InChI is InChI=1S/C27H24FN3O4/c1-17-8-9-18(2)22(16-17)29-27(33)25(19-6-4-3-5-7-19)34-24(32)15-14-23-30-26(31-35-23)20-10-12-21(28)13-11-20/h3-13,16,25H,14-15H2,1-2H3,(H,29,33). The number of amides is 1. The number of aryl methyl sites for hydroxylation is 3. The van der Waals surface area contributed by atoms with Crippen molar-refractivity contribution in [3.05, 3.63) is 101 Å². The zero-order valence-electron chi connectivity index (χ0n) is 19.3. The highest BCUT2D eigenvalue weighted by Gasteiger charge is 2.26. The summed E-state index contributed by atoms with van der Waals surface area (Å²) in [6, 6.07) is 20.2. The van der Waals surface area contributed by atoms with Crippen LogP contribution in [0.2, 0.25) is 0 Å². The van der Waals surface area contributed by atoms with E-state index in [9.17, 15) is 14.0 Å². The van der Waals surface area contributed by atoms with Crippen molar-refractivity contribution < 1.29 is 23.2 Å². The molecule has 1 atom stereocenters. The Kier molecular flexibility index (Phi) is 7.30. The van der Waals surface area contributed by atoms with Crippen LogP contribution in [-0.2, 0) is 20.7 Å². The molecule has 35 heavy (non-hydrogen) atoms. The van der Waals surface area contributed by atoms with Gasteiger partial charge in [0.25, 0.3) is 5.91 Å². The highest BCUT2D eigenvalue weighted by molar-refractivity contribution is 5.96. The summed E-state index contributed by atoms with van der Waals surface area (Å²) >= 11 is 0. The number of benzene rings is 3. The molecule has 0 aliphatic carbocycles. The van der Waals surface area contributed by atoms with Crippen LogP contribution in [0.3, 0.4) is 0 Å². The molecule has 0 aliphatic rings. The molecule has 0 saturated carbocycles. The number of carbonyl (C=O) groups excluding carboxylic acids is 2. The van der Waals surface area contributed by atoms with E-state index < -0.39 is 18.0 Å². The summed E-state index contributed by atoms with van der Waals surface area (Å²) < 4.78 is 23.9. The quantitative estimate of drug-likeness (QED) is 0.347. The Morgan fingerprint density at radius 1 is 1.03 bits per heavy atom. The normalized spacial score (nSPS) is 11.6. The smallest absolute Gasteiger partial charge is 0.307 e. The van der Waals surface area contributed by atoms with Gasteiger partial charge < -0.3 is 14.6 Å². The first-order valence-electron chi connectivity index (χ1n) is 11.1. The first kappa shape index (κ1) is 23.8. The second-order valence-electron chi connectivity index (χ2n) is 8.11. The molecule has 0 radical (unpaired) electrons. The fourth-order valence-corrected chi connectivity index (χ4v) is 3.44. The van der Waals surface area contributed by atoms with E-state index in [2.05, 4.69) is 15.5 Å². The average Bonchev–Trinajstić information content (AvgIpc) is 3.33. The summed E-state index contributed by atoms with van der Waals surface area (Å²) in [6.45, 7) is 3.83. The van der Waals surface area contributed by atoms with Gasteiger partial charge in [-0.25, -0.2) is 4.39 Å². The summed E-state index contributed by atoms with van der Waals surface area (Å²) in [5.74, 6) is -0.873. The van der Waals surface area contributed by atoms with E-state index in [0.29, 0.717) is 22.6 Å². The largest absolute Gasteiger partial charge is 0.447 e. The van der Waals surface area contributed by atoms with Gasteiger partial charge in [0.05, 0.1) is 6.42 Å². The molecule has 0 fully saturated rings. The van der Waals surface area contributed by atoms with Crippen molar-refractivity contribution in [1.29, 1.82) is 0 Å². The molecule has 4 aromatic rings. The van der Waals surface area contributed by atoms with Gasteiger partial charge >= 0.3 is 5.97 Å². The van der Waals surface area contributed by atoms with E-state index in [1.165, 1.54) is 24.3 Å². The van der Waals surface area contributed by atoms with Crippen molar-refractivity contribution in [1.82, 2.24) is 10.1 Å². The molecule has 1 amide bonds. The topological polar surface area (TPSA) is 94.3 Å². The van der Waals surface area contributed by atoms with Gasteiger partial charge in [0, 0.05) is 23.2 Å². The number of aromatic nitrogens is 2. The van der Waals surface area contributed by atoms with E-state index in [1.54, 1.807) is 24.3 Å². The second-order valence-corrected chi connectivity index (χ2v) is 8.11. The van der Waals surface area contributed by atoms with E-state index in [4.69, 9.17) is 9.26 Å². The van der Waals surface area contributed by atoms with Crippen LogP contribution < -0.4 is 5.32 Å². The number of esters is 1. The van der Waals surface area contributed by atoms with Crippen LogP contribution in [0, 0.1) is 19.7 Å². The maximum atomic E-state index is 13.1. The maximum absolute atomic E-state index is 13.1. The Balaban J connectivity index is 1.42. The number of hydrogen-bond donors (Lipinski definition) is 1. The average molecular weight is 474 g/mol. The van der Waals surface area contributed by atoms with Crippen molar-refractivity contribution in [3.8, 4) is 11.4 Å². The molecule has 0 aliphatic heterocycles. The minimum Gasteiger partial charge on any atom is -0.447 e. The molecule has 7 nitrogen and oxygen atoms in total. The molecule has 1 N–H and O–H groups in total. The lowest BCUT2D eigenvalue weighted by molar-refractivity contribution is -0.154. The molecule has 0 saturated heterocycles. The summed E-state index contributed by atoms with van der Waals surface area (Å²) in [7, 11) is 0. The summed E-state index contributed by atoms with van der Waals surface area (Å²) in [5.41, 5.74) is 3.71. The predicted octanol–water partition coefficient (Wildman–Crippen LogP) is 5.35.